The van der Waals surface area contributed by atoms with Crippen molar-refractivity contribution in [3.05, 3.63) is 30.7 Å². The largest absolute Gasteiger partial charge is 0.480 e. The van der Waals surface area contributed by atoms with Crippen LogP contribution in [-0.2, 0) is 4.79 Å². The standard InChI is InChI=1S/C14H17N3O2/c1-3-9(2)13(14(18)19)17-11-5-7-16-12-8-15-6-4-10(11)12/h4-9,13H,3H2,1-2H3,(H,16,17)(H,18,19)/t9-,13-/m0/s1. The minimum Gasteiger partial charge on any atom is -0.480 e. The molecule has 0 aliphatic heterocycles. The van der Waals surface area contributed by atoms with Gasteiger partial charge in [0.25, 0.3) is 0 Å². The highest BCUT2D eigenvalue weighted by Gasteiger charge is 2.23. The molecule has 0 fully saturated rings. The van der Waals surface area contributed by atoms with E-state index < -0.39 is 12.0 Å². The maximum Gasteiger partial charge on any atom is 0.326 e. The van der Waals surface area contributed by atoms with E-state index >= 15 is 0 Å². The van der Waals surface area contributed by atoms with E-state index in [2.05, 4.69) is 15.3 Å². The summed E-state index contributed by atoms with van der Waals surface area (Å²) in [5.41, 5.74) is 1.53. The summed E-state index contributed by atoms with van der Waals surface area (Å²) in [5.74, 6) is -0.795. The minimum atomic E-state index is -0.839. The van der Waals surface area contributed by atoms with Crippen molar-refractivity contribution >= 4 is 22.6 Å². The van der Waals surface area contributed by atoms with E-state index in [4.69, 9.17) is 0 Å². The van der Waals surface area contributed by atoms with Crippen molar-refractivity contribution in [2.24, 2.45) is 5.92 Å². The number of carboxylic acid groups (broad SMARTS) is 1. The first-order valence-corrected chi connectivity index (χ1v) is 6.31. The van der Waals surface area contributed by atoms with Gasteiger partial charge in [0.05, 0.1) is 11.7 Å². The molecule has 0 bridgehead atoms. The third kappa shape index (κ3) is 2.81. The molecule has 2 atom stereocenters. The lowest BCUT2D eigenvalue weighted by Gasteiger charge is -2.22. The molecule has 100 valence electrons. The fraction of sp³-hybridized carbons (Fsp3) is 0.357. The lowest BCUT2D eigenvalue weighted by Crippen LogP contribution is -2.35. The summed E-state index contributed by atoms with van der Waals surface area (Å²) in [5, 5.41) is 13.3. The third-order valence-corrected chi connectivity index (χ3v) is 3.34. The Morgan fingerprint density at radius 2 is 2.21 bits per heavy atom. The smallest absolute Gasteiger partial charge is 0.326 e. The molecule has 19 heavy (non-hydrogen) atoms. The second-order valence-electron chi connectivity index (χ2n) is 4.60. The van der Waals surface area contributed by atoms with E-state index in [-0.39, 0.29) is 5.92 Å². The van der Waals surface area contributed by atoms with E-state index in [1.807, 2.05) is 19.9 Å². The summed E-state index contributed by atoms with van der Waals surface area (Å²) in [6.07, 6.45) is 5.80. The van der Waals surface area contributed by atoms with Crippen LogP contribution in [0.3, 0.4) is 0 Å². The Morgan fingerprint density at radius 3 is 2.89 bits per heavy atom. The van der Waals surface area contributed by atoms with Crippen LogP contribution in [0.4, 0.5) is 5.69 Å². The van der Waals surface area contributed by atoms with Gasteiger partial charge in [-0.1, -0.05) is 20.3 Å². The van der Waals surface area contributed by atoms with Gasteiger partial charge < -0.3 is 10.4 Å². The van der Waals surface area contributed by atoms with E-state index in [1.165, 1.54) is 0 Å². The first kappa shape index (κ1) is 13.3. The summed E-state index contributed by atoms with van der Waals surface area (Å²) in [6.45, 7) is 3.91. The number of hydrogen-bond donors (Lipinski definition) is 2. The highest BCUT2D eigenvalue weighted by Crippen LogP contribution is 2.23. The van der Waals surface area contributed by atoms with Gasteiger partial charge in [-0.15, -0.1) is 0 Å². The molecule has 0 unspecified atom stereocenters. The van der Waals surface area contributed by atoms with Crippen LogP contribution >= 0.6 is 0 Å². The normalized spacial score (nSPS) is 14.0. The Morgan fingerprint density at radius 1 is 1.42 bits per heavy atom. The predicted octanol–water partition coefficient (Wildman–Crippen LogP) is 2.54. The van der Waals surface area contributed by atoms with Crippen molar-refractivity contribution in [1.29, 1.82) is 0 Å². The van der Waals surface area contributed by atoms with Crippen LogP contribution in [0.25, 0.3) is 10.9 Å². The molecule has 0 radical (unpaired) electrons. The van der Waals surface area contributed by atoms with Gasteiger partial charge in [-0.25, -0.2) is 4.79 Å². The average Bonchev–Trinajstić information content (AvgIpc) is 2.43. The minimum absolute atomic E-state index is 0.0440. The molecule has 0 saturated heterocycles. The number of carboxylic acids is 1. The van der Waals surface area contributed by atoms with Gasteiger partial charge in [-0.05, 0) is 18.1 Å². The molecule has 0 aromatic carbocycles. The molecule has 0 spiro atoms. The Labute approximate surface area is 111 Å². The average molecular weight is 259 g/mol. The fourth-order valence-electron chi connectivity index (χ4n) is 1.98. The molecular weight excluding hydrogens is 242 g/mol. The van der Waals surface area contributed by atoms with Crippen LogP contribution in [0.1, 0.15) is 20.3 Å². The first-order chi connectivity index (χ1) is 9.13. The fourth-order valence-corrected chi connectivity index (χ4v) is 1.98. The van der Waals surface area contributed by atoms with Crippen molar-refractivity contribution in [2.45, 2.75) is 26.3 Å². The quantitative estimate of drug-likeness (QED) is 0.863. The topological polar surface area (TPSA) is 75.1 Å². The Bertz CT molecular complexity index is 580. The van der Waals surface area contributed by atoms with Gasteiger partial charge in [0.1, 0.15) is 6.04 Å². The van der Waals surface area contributed by atoms with E-state index in [0.717, 1.165) is 23.0 Å². The van der Waals surface area contributed by atoms with Crippen molar-refractivity contribution in [3.63, 3.8) is 0 Å². The van der Waals surface area contributed by atoms with Gasteiger partial charge in [-0.3, -0.25) is 9.97 Å². The van der Waals surface area contributed by atoms with Gasteiger partial charge in [-0.2, -0.15) is 0 Å². The first-order valence-electron chi connectivity index (χ1n) is 6.31. The molecule has 2 heterocycles. The number of rotatable bonds is 5. The molecule has 0 aliphatic rings. The Kier molecular flexibility index (Phi) is 3.94. The highest BCUT2D eigenvalue weighted by atomic mass is 16.4. The molecule has 0 amide bonds. The predicted molar refractivity (Wildman–Crippen MR) is 74.0 cm³/mol. The summed E-state index contributed by atoms with van der Waals surface area (Å²) in [6, 6.07) is 3.02. The van der Waals surface area contributed by atoms with Crippen LogP contribution in [0.5, 0.6) is 0 Å². The summed E-state index contributed by atoms with van der Waals surface area (Å²) < 4.78 is 0. The molecule has 5 heteroatoms. The number of anilines is 1. The van der Waals surface area contributed by atoms with Crippen molar-refractivity contribution in [1.82, 2.24) is 9.97 Å². The van der Waals surface area contributed by atoms with Gasteiger partial charge in [0, 0.05) is 23.5 Å². The second-order valence-corrected chi connectivity index (χ2v) is 4.60. The zero-order valence-corrected chi connectivity index (χ0v) is 11.0. The van der Waals surface area contributed by atoms with Crippen LogP contribution in [0, 0.1) is 5.92 Å². The zero-order valence-electron chi connectivity index (χ0n) is 11.0. The van der Waals surface area contributed by atoms with Gasteiger partial charge >= 0.3 is 5.97 Å². The van der Waals surface area contributed by atoms with Crippen LogP contribution in [0.15, 0.2) is 30.7 Å². The zero-order chi connectivity index (χ0) is 13.8. The van der Waals surface area contributed by atoms with Crippen LogP contribution < -0.4 is 5.32 Å². The van der Waals surface area contributed by atoms with Crippen LogP contribution in [-0.4, -0.2) is 27.1 Å². The lowest BCUT2D eigenvalue weighted by atomic mass is 9.99. The van der Waals surface area contributed by atoms with Gasteiger partial charge in [0.2, 0.25) is 0 Å². The summed E-state index contributed by atoms with van der Waals surface area (Å²) >= 11 is 0. The summed E-state index contributed by atoms with van der Waals surface area (Å²) in [7, 11) is 0. The van der Waals surface area contributed by atoms with E-state index in [9.17, 15) is 9.90 Å². The number of pyridine rings is 2. The number of nitrogens with zero attached hydrogens (tertiary/aromatic N) is 2. The van der Waals surface area contributed by atoms with Gasteiger partial charge in [0.15, 0.2) is 0 Å². The second kappa shape index (κ2) is 5.65. The number of hydrogen-bond acceptors (Lipinski definition) is 4. The maximum atomic E-state index is 11.3. The lowest BCUT2D eigenvalue weighted by molar-refractivity contribution is -0.139. The van der Waals surface area contributed by atoms with E-state index in [0.29, 0.717) is 0 Å². The number of carbonyl (C=O) groups is 1. The third-order valence-electron chi connectivity index (χ3n) is 3.34. The SMILES string of the molecule is CC[C@H](C)[C@H](Nc1ccnc2cnccc12)C(=O)O. The van der Waals surface area contributed by atoms with Crippen molar-refractivity contribution in [3.8, 4) is 0 Å². The molecule has 0 aliphatic carbocycles. The molecular formula is C14H17N3O2. The van der Waals surface area contributed by atoms with E-state index in [1.54, 1.807) is 24.7 Å². The summed E-state index contributed by atoms with van der Waals surface area (Å²) in [4.78, 5) is 19.6. The Balaban J connectivity index is 2.36. The molecule has 5 nitrogen and oxygen atoms in total. The highest BCUT2D eigenvalue weighted by molar-refractivity contribution is 5.92. The number of nitrogens with one attached hydrogen (secondary N) is 1. The van der Waals surface area contributed by atoms with Crippen LogP contribution in [0.2, 0.25) is 0 Å². The molecule has 0 saturated carbocycles. The number of fused-ring (bicyclic) bond motifs is 1. The molecule has 2 aromatic heterocycles. The molecule has 2 N–H and O–H groups in total. The molecule has 2 aromatic rings. The molecule has 2 rings (SSSR count). The monoisotopic (exact) mass is 259 g/mol. The number of aromatic nitrogens is 2. The maximum absolute atomic E-state index is 11.3. The number of aliphatic carboxylic acids is 1. The van der Waals surface area contributed by atoms with Crippen molar-refractivity contribution in [2.75, 3.05) is 5.32 Å². The van der Waals surface area contributed by atoms with Crippen molar-refractivity contribution < 1.29 is 9.90 Å². The Hall–Kier alpha value is -2.17.